The normalized spacial score (nSPS) is 25.1. The number of amides is 3. The fraction of sp³-hybridized carbons (Fsp3) is 0.696. The number of piperidine rings is 1. The topological polar surface area (TPSA) is 130 Å². The molecule has 2 aliphatic carbocycles. The van der Waals surface area contributed by atoms with E-state index in [2.05, 4.69) is 20.3 Å². The zero-order valence-corrected chi connectivity index (χ0v) is 20.5. The highest BCUT2D eigenvalue weighted by Crippen LogP contribution is 2.47. The fourth-order valence-electron chi connectivity index (χ4n) is 5.72. The van der Waals surface area contributed by atoms with E-state index in [9.17, 15) is 18.0 Å². The molecule has 3 atom stereocenters. The average Bonchev–Trinajstić information content (AvgIpc) is 3.46. The van der Waals surface area contributed by atoms with Crippen molar-refractivity contribution in [2.45, 2.75) is 44.9 Å². The van der Waals surface area contributed by atoms with E-state index < -0.39 is 16.2 Å². The lowest BCUT2D eigenvalue weighted by atomic mass is 9.89. The first-order valence-electron chi connectivity index (χ1n) is 12.2. The molecule has 1 aromatic heterocycles. The first-order valence-corrected chi connectivity index (χ1v) is 13.6. The highest BCUT2D eigenvalue weighted by Gasteiger charge is 2.39. The number of ether oxygens (including phenoxy) is 1. The van der Waals surface area contributed by atoms with E-state index in [0.717, 1.165) is 18.8 Å². The first kappa shape index (κ1) is 24.7. The number of pyridine rings is 1. The van der Waals surface area contributed by atoms with Crippen molar-refractivity contribution in [2.24, 2.45) is 23.7 Å². The molecule has 0 unspecified atom stereocenters. The van der Waals surface area contributed by atoms with E-state index in [1.807, 2.05) is 0 Å². The predicted octanol–water partition coefficient (Wildman–Crippen LogP) is 1.90. The number of carbonyl (C=O) groups is 2. The summed E-state index contributed by atoms with van der Waals surface area (Å²) < 4.78 is 33.9. The Morgan fingerprint density at radius 2 is 1.94 bits per heavy atom. The lowest BCUT2D eigenvalue weighted by molar-refractivity contribution is 0.0946. The van der Waals surface area contributed by atoms with Crippen LogP contribution in [0.3, 0.4) is 0 Å². The van der Waals surface area contributed by atoms with Crippen LogP contribution in [0.5, 0.6) is 5.88 Å². The Labute approximate surface area is 201 Å². The number of nitrogens with zero attached hydrogens (tertiary/aromatic N) is 2. The summed E-state index contributed by atoms with van der Waals surface area (Å²) in [5, 5.41) is 5.64. The van der Waals surface area contributed by atoms with Gasteiger partial charge in [0.1, 0.15) is 5.56 Å². The molecule has 11 heteroatoms. The van der Waals surface area contributed by atoms with Crippen LogP contribution in [-0.2, 0) is 10.2 Å². The molecule has 3 N–H and O–H groups in total. The van der Waals surface area contributed by atoms with Crippen molar-refractivity contribution in [1.82, 2.24) is 24.6 Å². The van der Waals surface area contributed by atoms with Gasteiger partial charge in [-0.3, -0.25) is 4.79 Å². The quantitative estimate of drug-likeness (QED) is 0.482. The van der Waals surface area contributed by atoms with Gasteiger partial charge < -0.3 is 15.4 Å². The molecule has 34 heavy (non-hydrogen) atoms. The Morgan fingerprint density at radius 1 is 1.15 bits per heavy atom. The van der Waals surface area contributed by atoms with Crippen LogP contribution in [0, 0.1) is 23.7 Å². The van der Waals surface area contributed by atoms with Crippen molar-refractivity contribution < 1.29 is 22.7 Å². The van der Waals surface area contributed by atoms with E-state index in [1.54, 1.807) is 18.3 Å². The van der Waals surface area contributed by atoms with Gasteiger partial charge in [-0.25, -0.2) is 14.5 Å². The SMILES string of the molecule is COc1ncccc1C(=O)NCCC1CCN(S(=O)(=O)NC(=O)NC[C@@H]2C[C@@H]3CC[C@@H]2C3)CC1. The van der Waals surface area contributed by atoms with Crippen LogP contribution in [0.4, 0.5) is 4.79 Å². The zero-order valence-electron chi connectivity index (χ0n) is 19.7. The lowest BCUT2D eigenvalue weighted by Gasteiger charge is -2.31. The number of carbonyl (C=O) groups excluding carboxylic acids is 2. The molecule has 0 spiro atoms. The van der Waals surface area contributed by atoms with Crippen molar-refractivity contribution in [3.8, 4) is 5.88 Å². The molecule has 3 aliphatic rings. The van der Waals surface area contributed by atoms with Crippen LogP contribution in [0.15, 0.2) is 18.3 Å². The van der Waals surface area contributed by atoms with E-state index in [0.29, 0.717) is 62.3 Å². The van der Waals surface area contributed by atoms with E-state index >= 15 is 0 Å². The van der Waals surface area contributed by atoms with Gasteiger partial charge in [-0.1, -0.05) is 6.42 Å². The van der Waals surface area contributed by atoms with Gasteiger partial charge in [-0.05, 0) is 74.3 Å². The molecular weight excluding hydrogens is 458 g/mol. The molecule has 0 radical (unpaired) electrons. The summed E-state index contributed by atoms with van der Waals surface area (Å²) in [5.74, 6) is 2.28. The van der Waals surface area contributed by atoms with Crippen LogP contribution >= 0.6 is 0 Å². The maximum Gasteiger partial charge on any atom is 0.329 e. The van der Waals surface area contributed by atoms with Gasteiger partial charge in [0, 0.05) is 32.4 Å². The van der Waals surface area contributed by atoms with E-state index in [-0.39, 0.29) is 11.8 Å². The molecular formula is C23H35N5O5S. The Balaban J connectivity index is 1.15. The molecule has 188 valence electrons. The number of aromatic nitrogens is 1. The summed E-state index contributed by atoms with van der Waals surface area (Å²) in [7, 11) is -2.39. The number of methoxy groups -OCH3 is 1. The Bertz CT molecular complexity index is 980. The fourth-order valence-corrected chi connectivity index (χ4v) is 6.84. The smallest absolute Gasteiger partial charge is 0.329 e. The molecule has 2 heterocycles. The molecule has 1 saturated heterocycles. The third-order valence-corrected chi connectivity index (χ3v) is 9.08. The highest BCUT2D eigenvalue weighted by atomic mass is 32.2. The molecule has 2 bridgehead atoms. The predicted molar refractivity (Wildman–Crippen MR) is 126 cm³/mol. The van der Waals surface area contributed by atoms with Crippen molar-refractivity contribution in [3.05, 3.63) is 23.9 Å². The molecule has 10 nitrogen and oxygen atoms in total. The number of urea groups is 1. The second-order valence-corrected chi connectivity index (χ2v) is 11.4. The third kappa shape index (κ3) is 5.99. The summed E-state index contributed by atoms with van der Waals surface area (Å²) in [6.07, 6.45) is 8.59. The summed E-state index contributed by atoms with van der Waals surface area (Å²) in [6, 6.07) is 2.70. The monoisotopic (exact) mass is 493 g/mol. The summed E-state index contributed by atoms with van der Waals surface area (Å²) in [4.78, 5) is 28.6. The largest absolute Gasteiger partial charge is 0.480 e. The summed E-state index contributed by atoms with van der Waals surface area (Å²) in [5.41, 5.74) is 0.385. The van der Waals surface area contributed by atoms with Crippen molar-refractivity contribution in [1.29, 1.82) is 0 Å². The first-order chi connectivity index (χ1) is 16.4. The highest BCUT2D eigenvalue weighted by molar-refractivity contribution is 7.87. The number of hydrogen-bond donors (Lipinski definition) is 3. The van der Waals surface area contributed by atoms with Gasteiger partial charge in [-0.15, -0.1) is 0 Å². The standard InChI is InChI=1S/C23H35N5O5S/c1-33-22-20(3-2-9-25-22)21(29)24-10-6-16-7-11-28(12-8-16)34(31,32)27-23(30)26-15-19-14-17-4-5-18(19)13-17/h2-3,9,16-19H,4-8,10-15H2,1H3,(H,24,29)(H2,26,27,30)/t17-,18-,19+/m1/s1. The molecule has 1 aromatic rings. The number of fused-ring (bicyclic) bond motifs is 2. The van der Waals surface area contributed by atoms with Crippen LogP contribution < -0.4 is 20.1 Å². The van der Waals surface area contributed by atoms with Crippen LogP contribution in [0.25, 0.3) is 0 Å². The van der Waals surface area contributed by atoms with Crippen molar-refractivity contribution in [2.75, 3.05) is 33.3 Å². The number of hydrogen-bond acceptors (Lipinski definition) is 6. The summed E-state index contributed by atoms with van der Waals surface area (Å²) in [6.45, 7) is 1.73. The molecule has 3 fully saturated rings. The van der Waals surface area contributed by atoms with Crippen molar-refractivity contribution >= 4 is 22.1 Å². The van der Waals surface area contributed by atoms with Crippen LogP contribution in [-0.4, -0.2) is 62.9 Å². The minimum atomic E-state index is -3.86. The molecule has 3 amide bonds. The van der Waals surface area contributed by atoms with E-state index in [4.69, 9.17) is 4.74 Å². The van der Waals surface area contributed by atoms with E-state index in [1.165, 1.54) is 30.7 Å². The number of rotatable bonds is 9. The van der Waals surface area contributed by atoms with Gasteiger partial charge in [-0.2, -0.15) is 12.7 Å². The minimum absolute atomic E-state index is 0.245. The van der Waals surface area contributed by atoms with Crippen molar-refractivity contribution in [3.63, 3.8) is 0 Å². The second kappa shape index (κ2) is 10.9. The maximum absolute atomic E-state index is 12.6. The molecule has 2 saturated carbocycles. The van der Waals surface area contributed by atoms with Gasteiger partial charge in [0.05, 0.1) is 7.11 Å². The van der Waals surface area contributed by atoms with Gasteiger partial charge in [0.2, 0.25) is 5.88 Å². The Hall–Kier alpha value is -2.40. The summed E-state index contributed by atoms with van der Waals surface area (Å²) >= 11 is 0. The van der Waals surface area contributed by atoms with Gasteiger partial charge >= 0.3 is 16.2 Å². The average molecular weight is 494 g/mol. The zero-order chi connectivity index (χ0) is 24.1. The molecule has 4 rings (SSSR count). The molecule has 0 aromatic carbocycles. The second-order valence-electron chi connectivity index (χ2n) is 9.70. The van der Waals surface area contributed by atoms with Gasteiger partial charge in [0.15, 0.2) is 0 Å². The van der Waals surface area contributed by atoms with Crippen LogP contribution in [0.2, 0.25) is 0 Å². The third-order valence-electron chi connectivity index (χ3n) is 7.59. The Kier molecular flexibility index (Phi) is 7.92. The number of nitrogens with one attached hydrogen (secondary N) is 3. The minimum Gasteiger partial charge on any atom is -0.480 e. The molecule has 1 aliphatic heterocycles. The van der Waals surface area contributed by atoms with Crippen LogP contribution in [0.1, 0.15) is 55.3 Å². The van der Waals surface area contributed by atoms with Gasteiger partial charge in [0.25, 0.3) is 5.91 Å². The Morgan fingerprint density at radius 3 is 2.62 bits per heavy atom. The lowest BCUT2D eigenvalue weighted by Crippen LogP contribution is -2.50. The maximum atomic E-state index is 12.6.